The maximum atomic E-state index is 13.2. The van der Waals surface area contributed by atoms with E-state index >= 15 is 0 Å². The number of benzene rings is 2. The largest absolute Gasteiger partial charge is 0.497 e. The molecule has 1 saturated heterocycles. The van der Waals surface area contributed by atoms with E-state index in [1.165, 1.54) is 18.4 Å². The first-order valence-electron chi connectivity index (χ1n) is 13.3. The summed E-state index contributed by atoms with van der Waals surface area (Å²) >= 11 is 0. The first kappa shape index (κ1) is 24.7. The second-order valence-corrected chi connectivity index (χ2v) is 10.9. The Bertz CT molecular complexity index is 1090. The number of amides is 2. The summed E-state index contributed by atoms with van der Waals surface area (Å²) in [5.74, 6) is 1.81. The minimum absolute atomic E-state index is 0.0735. The zero-order valence-corrected chi connectivity index (χ0v) is 21.6. The maximum Gasteiger partial charge on any atom is 0.227 e. The first-order valence-corrected chi connectivity index (χ1v) is 13.3. The standard InChI is InChI=1S/C30H38N2O4/c1-35-24-10-11-26(36-2)22(18-24)19-27(33)32-16-14-29(15-17-32)20-25(29)28(34)31-21-30(12-6-7-13-30)23-8-4-3-5-9-23/h3-5,8-11,18,25H,6-7,12-17,19-21H2,1-2H3,(H,31,34)/t25-/m0/s1. The van der Waals surface area contributed by atoms with Crippen LogP contribution in [0.3, 0.4) is 0 Å². The third-order valence-corrected chi connectivity index (χ3v) is 9.00. The Morgan fingerprint density at radius 3 is 2.36 bits per heavy atom. The number of carbonyl (C=O) groups is 2. The fraction of sp³-hybridized carbons (Fsp3) is 0.533. The van der Waals surface area contributed by atoms with Gasteiger partial charge in [-0.3, -0.25) is 9.59 Å². The molecule has 2 aromatic rings. The van der Waals surface area contributed by atoms with Crippen LogP contribution in [0.1, 0.15) is 56.1 Å². The van der Waals surface area contributed by atoms with E-state index in [1.54, 1.807) is 14.2 Å². The van der Waals surface area contributed by atoms with Crippen molar-refractivity contribution in [3.63, 3.8) is 0 Å². The molecule has 3 fully saturated rings. The molecule has 3 aliphatic rings. The number of carbonyl (C=O) groups excluding carboxylic acids is 2. The number of methoxy groups -OCH3 is 2. The molecule has 2 saturated carbocycles. The highest BCUT2D eigenvalue weighted by Gasteiger charge is 2.58. The second-order valence-electron chi connectivity index (χ2n) is 10.9. The number of hydrogen-bond acceptors (Lipinski definition) is 4. The molecule has 2 amide bonds. The second kappa shape index (κ2) is 10.2. The van der Waals surface area contributed by atoms with Gasteiger partial charge in [0.05, 0.1) is 20.6 Å². The van der Waals surface area contributed by atoms with Crippen molar-refractivity contribution < 1.29 is 19.1 Å². The van der Waals surface area contributed by atoms with E-state index in [-0.39, 0.29) is 28.6 Å². The summed E-state index contributed by atoms with van der Waals surface area (Å²) in [6, 6.07) is 16.2. The van der Waals surface area contributed by atoms with Gasteiger partial charge in [0.25, 0.3) is 0 Å². The molecular weight excluding hydrogens is 452 g/mol. The summed E-state index contributed by atoms with van der Waals surface area (Å²) < 4.78 is 10.8. The fourth-order valence-corrected chi connectivity index (χ4v) is 6.56. The van der Waals surface area contributed by atoms with Crippen molar-refractivity contribution in [1.29, 1.82) is 0 Å². The molecule has 2 aromatic carbocycles. The van der Waals surface area contributed by atoms with Gasteiger partial charge in [-0.2, -0.15) is 0 Å². The Balaban J connectivity index is 1.14. The van der Waals surface area contributed by atoms with Crippen LogP contribution in [0, 0.1) is 11.3 Å². The summed E-state index contributed by atoms with van der Waals surface area (Å²) in [5.41, 5.74) is 2.35. The van der Waals surface area contributed by atoms with Crippen LogP contribution in [-0.2, 0) is 21.4 Å². The van der Waals surface area contributed by atoms with Gasteiger partial charge in [0.2, 0.25) is 11.8 Å². The van der Waals surface area contributed by atoms with Gasteiger partial charge in [0, 0.05) is 36.5 Å². The van der Waals surface area contributed by atoms with E-state index < -0.39 is 0 Å². The Morgan fingerprint density at radius 2 is 1.69 bits per heavy atom. The number of nitrogens with one attached hydrogen (secondary N) is 1. The molecule has 0 aromatic heterocycles. The highest BCUT2D eigenvalue weighted by atomic mass is 16.5. The molecule has 0 bridgehead atoms. The van der Waals surface area contributed by atoms with Crippen molar-refractivity contribution in [2.45, 2.75) is 56.8 Å². The summed E-state index contributed by atoms with van der Waals surface area (Å²) in [6.07, 6.45) is 7.77. The van der Waals surface area contributed by atoms with Gasteiger partial charge < -0.3 is 19.7 Å². The SMILES string of the molecule is COc1ccc(OC)c(CC(=O)N2CCC3(CC2)C[C@H]3C(=O)NCC2(c3ccccc3)CCCC2)c1. The lowest BCUT2D eigenvalue weighted by atomic mass is 9.78. The highest BCUT2D eigenvalue weighted by molar-refractivity contribution is 5.83. The van der Waals surface area contributed by atoms with Gasteiger partial charge in [-0.15, -0.1) is 0 Å². The van der Waals surface area contributed by atoms with E-state index in [0.29, 0.717) is 25.3 Å². The number of nitrogens with zero attached hydrogens (tertiary/aromatic N) is 1. The van der Waals surface area contributed by atoms with E-state index in [4.69, 9.17) is 9.47 Å². The van der Waals surface area contributed by atoms with Gasteiger partial charge in [-0.05, 0) is 61.3 Å². The van der Waals surface area contributed by atoms with Crippen LogP contribution in [0.2, 0.25) is 0 Å². The Hall–Kier alpha value is -3.02. The van der Waals surface area contributed by atoms with E-state index in [0.717, 1.165) is 50.0 Å². The molecule has 192 valence electrons. The van der Waals surface area contributed by atoms with Crippen LogP contribution in [-0.4, -0.2) is 50.6 Å². The van der Waals surface area contributed by atoms with Crippen LogP contribution in [0.4, 0.5) is 0 Å². The average Bonchev–Trinajstić information content (AvgIpc) is 3.39. The van der Waals surface area contributed by atoms with Gasteiger partial charge in [-0.25, -0.2) is 0 Å². The van der Waals surface area contributed by atoms with E-state index in [2.05, 4.69) is 35.6 Å². The molecule has 1 atom stereocenters. The van der Waals surface area contributed by atoms with Crippen molar-refractivity contribution in [3.8, 4) is 11.5 Å². The van der Waals surface area contributed by atoms with Crippen LogP contribution in [0.5, 0.6) is 11.5 Å². The highest BCUT2D eigenvalue weighted by Crippen LogP contribution is 2.59. The molecule has 5 rings (SSSR count). The van der Waals surface area contributed by atoms with Crippen molar-refractivity contribution in [2.75, 3.05) is 33.9 Å². The number of likely N-dealkylation sites (tertiary alicyclic amines) is 1. The summed E-state index contributed by atoms with van der Waals surface area (Å²) in [5, 5.41) is 3.34. The molecule has 1 heterocycles. The summed E-state index contributed by atoms with van der Waals surface area (Å²) in [4.78, 5) is 28.2. The lowest BCUT2D eigenvalue weighted by Gasteiger charge is -2.33. The maximum absolute atomic E-state index is 13.2. The molecule has 0 radical (unpaired) electrons. The van der Waals surface area contributed by atoms with E-state index in [9.17, 15) is 9.59 Å². The molecule has 0 unspecified atom stereocenters. The smallest absolute Gasteiger partial charge is 0.227 e. The van der Waals surface area contributed by atoms with Crippen LogP contribution >= 0.6 is 0 Å². The predicted molar refractivity (Wildman–Crippen MR) is 139 cm³/mol. The van der Waals surface area contributed by atoms with Gasteiger partial charge in [-0.1, -0.05) is 43.2 Å². The van der Waals surface area contributed by atoms with Crippen molar-refractivity contribution >= 4 is 11.8 Å². The first-order chi connectivity index (χ1) is 17.5. The quantitative estimate of drug-likeness (QED) is 0.592. The summed E-state index contributed by atoms with van der Waals surface area (Å²) in [7, 11) is 3.24. The Morgan fingerprint density at radius 1 is 0.972 bits per heavy atom. The van der Waals surface area contributed by atoms with Crippen molar-refractivity contribution in [2.24, 2.45) is 11.3 Å². The minimum Gasteiger partial charge on any atom is -0.497 e. The summed E-state index contributed by atoms with van der Waals surface area (Å²) in [6.45, 7) is 2.15. The van der Waals surface area contributed by atoms with Crippen molar-refractivity contribution in [3.05, 3.63) is 59.7 Å². The molecule has 36 heavy (non-hydrogen) atoms. The van der Waals surface area contributed by atoms with Crippen molar-refractivity contribution in [1.82, 2.24) is 10.2 Å². The lowest BCUT2D eigenvalue weighted by Crippen LogP contribution is -2.43. The molecule has 1 aliphatic heterocycles. The van der Waals surface area contributed by atoms with Gasteiger partial charge in [0.1, 0.15) is 11.5 Å². The minimum atomic E-state index is 0.0735. The monoisotopic (exact) mass is 490 g/mol. The van der Waals surface area contributed by atoms with Crippen LogP contribution in [0.15, 0.2) is 48.5 Å². The topological polar surface area (TPSA) is 67.9 Å². The van der Waals surface area contributed by atoms with Crippen LogP contribution < -0.4 is 14.8 Å². The third-order valence-electron chi connectivity index (χ3n) is 9.00. The predicted octanol–water partition coefficient (Wildman–Crippen LogP) is 4.50. The Labute approximate surface area is 214 Å². The van der Waals surface area contributed by atoms with E-state index in [1.807, 2.05) is 23.1 Å². The fourth-order valence-electron chi connectivity index (χ4n) is 6.56. The molecule has 6 heteroatoms. The molecule has 1 N–H and O–H groups in total. The molecule has 2 aliphatic carbocycles. The number of rotatable bonds is 8. The van der Waals surface area contributed by atoms with Gasteiger partial charge in [0.15, 0.2) is 0 Å². The van der Waals surface area contributed by atoms with Crippen LogP contribution in [0.25, 0.3) is 0 Å². The third kappa shape index (κ3) is 4.82. The average molecular weight is 491 g/mol. The molecule has 1 spiro atoms. The number of hydrogen-bond donors (Lipinski definition) is 1. The Kier molecular flexibility index (Phi) is 6.96. The lowest BCUT2D eigenvalue weighted by molar-refractivity contribution is -0.132. The molecule has 6 nitrogen and oxygen atoms in total. The zero-order valence-electron chi connectivity index (χ0n) is 21.6. The zero-order chi connectivity index (χ0) is 25.2. The van der Waals surface area contributed by atoms with Gasteiger partial charge >= 0.3 is 0 Å². The molecular formula is C30H38N2O4. The number of ether oxygens (including phenoxy) is 2. The normalized spacial score (nSPS) is 21.7. The number of piperidine rings is 1.